The van der Waals surface area contributed by atoms with Crippen LogP contribution in [0.3, 0.4) is 0 Å². The normalized spacial score (nSPS) is 12.5. The van der Waals surface area contributed by atoms with Crippen LogP contribution in [0.4, 0.5) is 0 Å². The Morgan fingerprint density at radius 2 is 2.46 bits per heavy atom. The lowest BCUT2D eigenvalue weighted by atomic mass is 10.0. The van der Waals surface area contributed by atoms with Crippen molar-refractivity contribution in [2.24, 2.45) is 0 Å². The van der Waals surface area contributed by atoms with E-state index in [1.165, 1.54) is 11.1 Å². The van der Waals surface area contributed by atoms with Crippen molar-refractivity contribution in [2.45, 2.75) is 19.4 Å². The lowest BCUT2D eigenvalue weighted by molar-refractivity contribution is 0.706. The summed E-state index contributed by atoms with van der Waals surface area (Å²) in [5.74, 6) is 0. The van der Waals surface area contributed by atoms with Gasteiger partial charge in [-0.15, -0.1) is 6.58 Å². The van der Waals surface area contributed by atoms with Crippen molar-refractivity contribution in [1.82, 2.24) is 10.3 Å². The second kappa shape index (κ2) is 4.77. The summed E-state index contributed by atoms with van der Waals surface area (Å²) in [5, 5.41) is 3.20. The molecule has 1 rings (SSSR count). The third kappa shape index (κ3) is 2.16. The Labute approximate surface area is 79.7 Å². The molecule has 0 aliphatic rings. The molecule has 2 heteroatoms. The Hall–Kier alpha value is -1.15. The fraction of sp³-hybridized carbons (Fsp3) is 0.364. The summed E-state index contributed by atoms with van der Waals surface area (Å²) in [6, 6.07) is 2.28. The molecule has 13 heavy (non-hydrogen) atoms. The first-order valence-corrected chi connectivity index (χ1v) is 4.56. The molecular formula is C11H16N2. The summed E-state index contributed by atoms with van der Waals surface area (Å²) in [6.07, 6.45) is 6.66. The Morgan fingerprint density at radius 3 is 3.00 bits per heavy atom. The zero-order valence-corrected chi connectivity index (χ0v) is 8.25. The van der Waals surface area contributed by atoms with Crippen LogP contribution in [-0.4, -0.2) is 12.0 Å². The van der Waals surface area contributed by atoms with E-state index in [1.54, 1.807) is 0 Å². The van der Waals surface area contributed by atoms with Crippen LogP contribution in [0.2, 0.25) is 0 Å². The van der Waals surface area contributed by atoms with E-state index in [1.807, 2.05) is 31.6 Å². The molecule has 0 bridgehead atoms. The standard InChI is InChI=1S/C11H16N2/c1-4-9-8-13-7-6-10(9)11(5-2)12-3/h5-8,11-12H,2,4H2,1,3H3. The molecular weight excluding hydrogens is 160 g/mol. The van der Waals surface area contributed by atoms with Crippen molar-refractivity contribution in [2.75, 3.05) is 7.05 Å². The number of hydrogen-bond acceptors (Lipinski definition) is 2. The summed E-state index contributed by atoms with van der Waals surface area (Å²) in [6.45, 7) is 5.94. The first-order chi connectivity index (χ1) is 6.33. The first-order valence-electron chi connectivity index (χ1n) is 4.56. The van der Waals surface area contributed by atoms with Gasteiger partial charge in [0.15, 0.2) is 0 Å². The minimum Gasteiger partial charge on any atom is -0.310 e. The van der Waals surface area contributed by atoms with E-state index >= 15 is 0 Å². The zero-order chi connectivity index (χ0) is 9.68. The van der Waals surface area contributed by atoms with Gasteiger partial charge in [0.2, 0.25) is 0 Å². The summed E-state index contributed by atoms with van der Waals surface area (Å²) >= 11 is 0. The van der Waals surface area contributed by atoms with Crippen LogP contribution >= 0.6 is 0 Å². The second-order valence-corrected chi connectivity index (χ2v) is 2.93. The Balaban J connectivity index is 3.03. The molecule has 1 aromatic rings. The van der Waals surface area contributed by atoms with Crippen molar-refractivity contribution in [3.05, 3.63) is 42.2 Å². The maximum atomic E-state index is 4.11. The first kappa shape index (κ1) is 9.93. The molecule has 1 heterocycles. The molecule has 0 fully saturated rings. The van der Waals surface area contributed by atoms with Crippen LogP contribution < -0.4 is 5.32 Å². The molecule has 0 aromatic carbocycles. The van der Waals surface area contributed by atoms with E-state index < -0.39 is 0 Å². The quantitative estimate of drug-likeness (QED) is 0.710. The Kier molecular flexibility index (Phi) is 3.65. The summed E-state index contributed by atoms with van der Waals surface area (Å²) in [7, 11) is 1.94. The number of hydrogen-bond donors (Lipinski definition) is 1. The summed E-state index contributed by atoms with van der Waals surface area (Å²) < 4.78 is 0. The largest absolute Gasteiger partial charge is 0.310 e. The van der Waals surface area contributed by atoms with Gasteiger partial charge in [0.25, 0.3) is 0 Å². The average molecular weight is 176 g/mol. The average Bonchev–Trinajstić information content (AvgIpc) is 2.20. The number of rotatable bonds is 4. The molecule has 0 amide bonds. The molecule has 2 nitrogen and oxygen atoms in total. The molecule has 1 N–H and O–H groups in total. The fourth-order valence-electron chi connectivity index (χ4n) is 1.44. The van der Waals surface area contributed by atoms with Gasteiger partial charge in [0.05, 0.1) is 6.04 Å². The highest BCUT2D eigenvalue weighted by atomic mass is 14.9. The van der Waals surface area contributed by atoms with Gasteiger partial charge in [-0.2, -0.15) is 0 Å². The van der Waals surface area contributed by atoms with Crippen LogP contribution in [0.25, 0.3) is 0 Å². The van der Waals surface area contributed by atoms with E-state index in [2.05, 4.69) is 23.8 Å². The van der Waals surface area contributed by atoms with Crippen LogP contribution in [0.15, 0.2) is 31.1 Å². The van der Waals surface area contributed by atoms with E-state index in [-0.39, 0.29) is 6.04 Å². The molecule has 0 radical (unpaired) electrons. The number of aromatic nitrogens is 1. The minimum atomic E-state index is 0.234. The van der Waals surface area contributed by atoms with Gasteiger partial charge in [0.1, 0.15) is 0 Å². The molecule has 1 unspecified atom stereocenters. The van der Waals surface area contributed by atoms with E-state index in [0.29, 0.717) is 0 Å². The monoisotopic (exact) mass is 176 g/mol. The van der Waals surface area contributed by atoms with Crippen LogP contribution in [0, 0.1) is 0 Å². The highest BCUT2D eigenvalue weighted by molar-refractivity contribution is 5.29. The topological polar surface area (TPSA) is 24.9 Å². The molecule has 0 saturated heterocycles. The number of nitrogens with zero attached hydrogens (tertiary/aromatic N) is 1. The Morgan fingerprint density at radius 1 is 1.69 bits per heavy atom. The molecule has 1 aromatic heterocycles. The number of likely N-dealkylation sites (N-methyl/N-ethyl adjacent to an activating group) is 1. The number of pyridine rings is 1. The molecule has 0 aliphatic carbocycles. The van der Waals surface area contributed by atoms with E-state index in [9.17, 15) is 0 Å². The molecule has 0 saturated carbocycles. The lowest BCUT2D eigenvalue weighted by Crippen LogP contribution is -2.15. The third-order valence-electron chi connectivity index (χ3n) is 2.20. The lowest BCUT2D eigenvalue weighted by Gasteiger charge is -2.14. The Bertz CT molecular complexity index is 281. The predicted octanol–water partition coefficient (Wildman–Crippen LogP) is 2.09. The summed E-state index contributed by atoms with van der Waals surface area (Å²) in [5.41, 5.74) is 2.55. The van der Waals surface area contributed by atoms with E-state index in [4.69, 9.17) is 0 Å². The van der Waals surface area contributed by atoms with Crippen LogP contribution in [-0.2, 0) is 6.42 Å². The van der Waals surface area contributed by atoms with Crippen molar-refractivity contribution in [1.29, 1.82) is 0 Å². The van der Waals surface area contributed by atoms with Crippen molar-refractivity contribution in [3.8, 4) is 0 Å². The van der Waals surface area contributed by atoms with Crippen molar-refractivity contribution in [3.63, 3.8) is 0 Å². The van der Waals surface area contributed by atoms with Gasteiger partial charge in [0, 0.05) is 12.4 Å². The van der Waals surface area contributed by atoms with Crippen molar-refractivity contribution < 1.29 is 0 Å². The maximum absolute atomic E-state index is 4.11. The number of aryl methyl sites for hydroxylation is 1. The molecule has 70 valence electrons. The maximum Gasteiger partial charge on any atom is 0.0505 e. The fourth-order valence-corrected chi connectivity index (χ4v) is 1.44. The highest BCUT2D eigenvalue weighted by Crippen LogP contribution is 2.17. The third-order valence-corrected chi connectivity index (χ3v) is 2.20. The molecule has 0 aliphatic heterocycles. The highest BCUT2D eigenvalue weighted by Gasteiger charge is 2.07. The minimum absolute atomic E-state index is 0.234. The summed E-state index contributed by atoms with van der Waals surface area (Å²) in [4.78, 5) is 4.11. The molecule has 0 spiro atoms. The zero-order valence-electron chi connectivity index (χ0n) is 8.25. The van der Waals surface area contributed by atoms with Gasteiger partial charge in [-0.05, 0) is 30.7 Å². The van der Waals surface area contributed by atoms with Crippen LogP contribution in [0.5, 0.6) is 0 Å². The van der Waals surface area contributed by atoms with E-state index in [0.717, 1.165) is 6.42 Å². The van der Waals surface area contributed by atoms with Gasteiger partial charge < -0.3 is 5.32 Å². The van der Waals surface area contributed by atoms with Crippen LogP contribution in [0.1, 0.15) is 24.1 Å². The molecule has 1 atom stereocenters. The van der Waals surface area contributed by atoms with Gasteiger partial charge in [-0.1, -0.05) is 13.0 Å². The van der Waals surface area contributed by atoms with Crippen molar-refractivity contribution >= 4 is 0 Å². The number of nitrogens with one attached hydrogen (secondary N) is 1. The SMILES string of the molecule is C=CC(NC)c1ccncc1CC. The predicted molar refractivity (Wildman–Crippen MR) is 55.6 cm³/mol. The smallest absolute Gasteiger partial charge is 0.0505 e. The second-order valence-electron chi connectivity index (χ2n) is 2.93. The van der Waals surface area contributed by atoms with Gasteiger partial charge in [-0.3, -0.25) is 4.98 Å². The van der Waals surface area contributed by atoms with Gasteiger partial charge in [-0.25, -0.2) is 0 Å². The van der Waals surface area contributed by atoms with Gasteiger partial charge >= 0.3 is 0 Å².